The van der Waals surface area contributed by atoms with Crippen molar-refractivity contribution in [2.24, 2.45) is 5.73 Å². The normalized spacial score (nSPS) is 15.7. The van der Waals surface area contributed by atoms with Crippen LogP contribution in [0.2, 0.25) is 0 Å². The van der Waals surface area contributed by atoms with Crippen molar-refractivity contribution in [3.8, 4) is 0 Å². The van der Waals surface area contributed by atoms with E-state index in [2.05, 4.69) is 10.6 Å². The predicted molar refractivity (Wildman–Crippen MR) is 90.3 cm³/mol. The molecule has 0 bridgehead atoms. The van der Waals surface area contributed by atoms with Crippen LogP contribution < -0.4 is 16.4 Å². The summed E-state index contributed by atoms with van der Waals surface area (Å²) in [7, 11) is 0. The molecule has 0 saturated heterocycles. The molecule has 0 aliphatic heterocycles. The lowest BCUT2D eigenvalue weighted by atomic mass is 9.98. The van der Waals surface area contributed by atoms with Crippen LogP contribution in [0.5, 0.6) is 0 Å². The Hall–Kier alpha value is -1.59. The second-order valence-corrected chi connectivity index (χ2v) is 5.65. The van der Waals surface area contributed by atoms with Crippen LogP contribution in [0, 0.1) is 0 Å². The first kappa shape index (κ1) is 18.5. The van der Waals surface area contributed by atoms with Crippen molar-refractivity contribution in [3.63, 3.8) is 0 Å². The Morgan fingerprint density at radius 2 is 1.77 bits per heavy atom. The third kappa shape index (κ3) is 4.45. The molecule has 1 aliphatic rings. The first-order chi connectivity index (χ1) is 10.0. The lowest BCUT2D eigenvalue weighted by molar-refractivity contribution is -0.121. The van der Waals surface area contributed by atoms with Gasteiger partial charge < -0.3 is 16.4 Å². The molecule has 1 aromatic carbocycles. The molecule has 1 aromatic rings. The SMILES string of the molecule is CCCNC(=O)c1ccc(NC(=O)C2(N)CCCC2)cc1.Cl. The van der Waals surface area contributed by atoms with Gasteiger partial charge in [-0.05, 0) is 43.5 Å². The quantitative estimate of drug-likeness (QED) is 0.777. The number of carbonyl (C=O) groups excluding carboxylic acids is 2. The number of hydrogen-bond donors (Lipinski definition) is 3. The summed E-state index contributed by atoms with van der Waals surface area (Å²) in [4.78, 5) is 24.0. The Bertz CT molecular complexity index is 511. The standard InChI is InChI=1S/C16H23N3O2.ClH/c1-2-11-18-14(20)12-5-7-13(8-6-12)19-15(21)16(17)9-3-4-10-16;/h5-8H,2-4,9-11,17H2,1H3,(H,18,20)(H,19,21);1H. The zero-order chi connectivity index (χ0) is 15.3. The number of amides is 2. The summed E-state index contributed by atoms with van der Waals surface area (Å²) in [5.74, 6) is -0.232. The Kier molecular flexibility index (Phi) is 6.84. The fourth-order valence-corrected chi connectivity index (χ4v) is 2.53. The van der Waals surface area contributed by atoms with Gasteiger partial charge in [0, 0.05) is 17.8 Å². The topological polar surface area (TPSA) is 84.2 Å². The third-order valence-electron chi connectivity index (χ3n) is 3.89. The fourth-order valence-electron chi connectivity index (χ4n) is 2.53. The van der Waals surface area contributed by atoms with Gasteiger partial charge >= 0.3 is 0 Å². The molecular weight excluding hydrogens is 302 g/mol. The summed E-state index contributed by atoms with van der Waals surface area (Å²) in [6.45, 7) is 2.66. The van der Waals surface area contributed by atoms with E-state index in [4.69, 9.17) is 5.73 Å². The van der Waals surface area contributed by atoms with E-state index in [0.29, 0.717) is 17.8 Å². The summed E-state index contributed by atoms with van der Waals surface area (Å²) in [5.41, 5.74) is 6.63. The fraction of sp³-hybridized carbons (Fsp3) is 0.500. The predicted octanol–water partition coefficient (Wildman–Crippen LogP) is 2.46. The molecule has 5 nitrogen and oxygen atoms in total. The van der Waals surface area contributed by atoms with Crippen LogP contribution in [-0.2, 0) is 4.79 Å². The molecule has 6 heteroatoms. The number of nitrogens with one attached hydrogen (secondary N) is 2. The molecular formula is C16H24ClN3O2. The summed E-state index contributed by atoms with van der Waals surface area (Å²) in [6, 6.07) is 6.88. The molecule has 0 spiro atoms. The lowest BCUT2D eigenvalue weighted by Crippen LogP contribution is -2.48. The average molecular weight is 326 g/mol. The second-order valence-electron chi connectivity index (χ2n) is 5.65. The molecule has 1 saturated carbocycles. The van der Waals surface area contributed by atoms with E-state index >= 15 is 0 Å². The highest BCUT2D eigenvalue weighted by Gasteiger charge is 2.36. The van der Waals surface area contributed by atoms with Crippen LogP contribution in [0.15, 0.2) is 24.3 Å². The van der Waals surface area contributed by atoms with Gasteiger partial charge in [-0.1, -0.05) is 19.8 Å². The van der Waals surface area contributed by atoms with Gasteiger partial charge in [-0.15, -0.1) is 12.4 Å². The average Bonchev–Trinajstić information content (AvgIpc) is 2.94. The molecule has 1 aliphatic carbocycles. The molecule has 0 radical (unpaired) electrons. The van der Waals surface area contributed by atoms with E-state index in [-0.39, 0.29) is 24.2 Å². The Balaban J connectivity index is 0.00000242. The number of rotatable bonds is 5. The van der Waals surface area contributed by atoms with Gasteiger partial charge in [-0.25, -0.2) is 0 Å². The highest BCUT2D eigenvalue weighted by molar-refractivity contribution is 5.99. The molecule has 1 fully saturated rings. The molecule has 0 unspecified atom stereocenters. The van der Waals surface area contributed by atoms with Crippen molar-refractivity contribution >= 4 is 29.9 Å². The van der Waals surface area contributed by atoms with Gasteiger partial charge in [-0.3, -0.25) is 9.59 Å². The molecule has 22 heavy (non-hydrogen) atoms. The van der Waals surface area contributed by atoms with Crippen LogP contribution in [0.3, 0.4) is 0 Å². The van der Waals surface area contributed by atoms with Gasteiger partial charge in [0.1, 0.15) is 0 Å². The Morgan fingerprint density at radius 1 is 1.18 bits per heavy atom. The van der Waals surface area contributed by atoms with Crippen LogP contribution in [0.4, 0.5) is 5.69 Å². The van der Waals surface area contributed by atoms with Crippen LogP contribution in [-0.4, -0.2) is 23.9 Å². The van der Waals surface area contributed by atoms with Gasteiger partial charge in [0.05, 0.1) is 5.54 Å². The zero-order valence-corrected chi connectivity index (χ0v) is 13.7. The number of anilines is 1. The monoisotopic (exact) mass is 325 g/mol. The number of hydrogen-bond acceptors (Lipinski definition) is 3. The summed E-state index contributed by atoms with van der Waals surface area (Å²) >= 11 is 0. The van der Waals surface area contributed by atoms with Crippen molar-refractivity contribution < 1.29 is 9.59 Å². The number of benzene rings is 1. The molecule has 2 rings (SSSR count). The summed E-state index contributed by atoms with van der Waals surface area (Å²) < 4.78 is 0. The highest BCUT2D eigenvalue weighted by Crippen LogP contribution is 2.28. The second kappa shape index (κ2) is 8.15. The van der Waals surface area contributed by atoms with Crippen molar-refractivity contribution in [2.45, 2.75) is 44.6 Å². The minimum atomic E-state index is -0.739. The van der Waals surface area contributed by atoms with E-state index in [1.165, 1.54) is 0 Å². The minimum absolute atomic E-state index is 0. The van der Waals surface area contributed by atoms with Crippen LogP contribution >= 0.6 is 12.4 Å². The van der Waals surface area contributed by atoms with Gasteiger partial charge in [0.15, 0.2) is 0 Å². The minimum Gasteiger partial charge on any atom is -0.352 e. The van der Waals surface area contributed by atoms with E-state index in [0.717, 1.165) is 32.1 Å². The molecule has 2 amide bonds. The molecule has 0 heterocycles. The van der Waals surface area contributed by atoms with Crippen molar-refractivity contribution in [1.29, 1.82) is 0 Å². The van der Waals surface area contributed by atoms with Crippen molar-refractivity contribution in [2.75, 3.05) is 11.9 Å². The van der Waals surface area contributed by atoms with Gasteiger partial charge in [-0.2, -0.15) is 0 Å². The summed E-state index contributed by atoms with van der Waals surface area (Å²) in [6.07, 6.45) is 4.37. The maximum absolute atomic E-state index is 12.2. The third-order valence-corrected chi connectivity index (χ3v) is 3.89. The lowest BCUT2D eigenvalue weighted by Gasteiger charge is -2.22. The first-order valence-corrected chi connectivity index (χ1v) is 7.54. The Morgan fingerprint density at radius 3 is 2.32 bits per heavy atom. The number of nitrogens with two attached hydrogens (primary N) is 1. The Labute approximate surface area is 137 Å². The molecule has 0 aromatic heterocycles. The molecule has 122 valence electrons. The largest absolute Gasteiger partial charge is 0.352 e. The zero-order valence-electron chi connectivity index (χ0n) is 12.9. The van der Waals surface area contributed by atoms with Crippen LogP contribution in [0.1, 0.15) is 49.4 Å². The van der Waals surface area contributed by atoms with Crippen LogP contribution in [0.25, 0.3) is 0 Å². The molecule has 0 atom stereocenters. The van der Waals surface area contributed by atoms with E-state index in [1.54, 1.807) is 24.3 Å². The highest BCUT2D eigenvalue weighted by atomic mass is 35.5. The van der Waals surface area contributed by atoms with E-state index < -0.39 is 5.54 Å². The van der Waals surface area contributed by atoms with E-state index in [9.17, 15) is 9.59 Å². The maximum atomic E-state index is 12.2. The molecule has 4 N–H and O–H groups in total. The smallest absolute Gasteiger partial charge is 0.251 e. The van der Waals surface area contributed by atoms with E-state index in [1.807, 2.05) is 6.92 Å². The van der Waals surface area contributed by atoms with Crippen molar-refractivity contribution in [1.82, 2.24) is 5.32 Å². The van der Waals surface area contributed by atoms with Crippen molar-refractivity contribution in [3.05, 3.63) is 29.8 Å². The van der Waals surface area contributed by atoms with Gasteiger partial charge in [0.25, 0.3) is 5.91 Å². The number of halogens is 1. The van der Waals surface area contributed by atoms with Gasteiger partial charge in [0.2, 0.25) is 5.91 Å². The first-order valence-electron chi connectivity index (χ1n) is 7.54. The number of carbonyl (C=O) groups is 2. The summed E-state index contributed by atoms with van der Waals surface area (Å²) in [5, 5.41) is 5.65. The maximum Gasteiger partial charge on any atom is 0.251 e.